The summed E-state index contributed by atoms with van der Waals surface area (Å²) < 4.78 is 2.91. The number of aliphatic hydroxyl groups is 1. The third kappa shape index (κ3) is 2.43. The Morgan fingerprint density at radius 2 is 2.35 bits per heavy atom. The lowest BCUT2D eigenvalue weighted by Gasteiger charge is -2.24. The molecule has 2 rings (SSSR count). The molecule has 1 fully saturated rings. The number of rotatable bonds is 4. The van der Waals surface area contributed by atoms with Crippen molar-refractivity contribution in [3.05, 3.63) is 16.4 Å². The molecule has 1 aliphatic carbocycles. The number of hydrogen-bond acceptors (Lipinski definition) is 2. The summed E-state index contributed by atoms with van der Waals surface area (Å²) in [7, 11) is 0. The summed E-state index contributed by atoms with van der Waals surface area (Å²) in [6.07, 6.45) is 6.85. The van der Waals surface area contributed by atoms with Gasteiger partial charge in [-0.15, -0.1) is 0 Å². The molecular weight excluding hydrogens is 280 g/mol. The molecule has 0 saturated heterocycles. The van der Waals surface area contributed by atoms with Crippen LogP contribution in [0.15, 0.2) is 10.7 Å². The fourth-order valence-electron chi connectivity index (χ4n) is 2.89. The standard InChI is InChI=1S/C13H21BrN2O/c1-3-7-16-12(11(14)9-15-16)13(17)6-5-10(4-2)8-13/h9-10,17H,3-8H2,1-2H3. The monoisotopic (exact) mass is 300 g/mol. The van der Waals surface area contributed by atoms with Crippen LogP contribution in [-0.4, -0.2) is 14.9 Å². The van der Waals surface area contributed by atoms with Crippen LogP contribution >= 0.6 is 15.9 Å². The van der Waals surface area contributed by atoms with Crippen LogP contribution in [0.25, 0.3) is 0 Å². The summed E-state index contributed by atoms with van der Waals surface area (Å²) in [4.78, 5) is 0. The molecule has 17 heavy (non-hydrogen) atoms. The van der Waals surface area contributed by atoms with Gasteiger partial charge in [0.25, 0.3) is 0 Å². The highest BCUT2D eigenvalue weighted by molar-refractivity contribution is 9.10. The summed E-state index contributed by atoms with van der Waals surface area (Å²) in [6, 6.07) is 0. The van der Waals surface area contributed by atoms with Crippen molar-refractivity contribution in [2.45, 2.75) is 58.1 Å². The highest BCUT2D eigenvalue weighted by Crippen LogP contribution is 2.45. The van der Waals surface area contributed by atoms with E-state index in [1.54, 1.807) is 0 Å². The molecule has 1 aliphatic rings. The Balaban J connectivity index is 2.29. The van der Waals surface area contributed by atoms with Crippen molar-refractivity contribution in [2.75, 3.05) is 0 Å². The van der Waals surface area contributed by atoms with Gasteiger partial charge in [-0.05, 0) is 47.5 Å². The Morgan fingerprint density at radius 1 is 1.59 bits per heavy atom. The van der Waals surface area contributed by atoms with Gasteiger partial charge in [0.2, 0.25) is 0 Å². The average Bonchev–Trinajstić information content (AvgIpc) is 2.84. The zero-order chi connectivity index (χ0) is 12.5. The molecule has 0 spiro atoms. The molecule has 0 aliphatic heterocycles. The Hall–Kier alpha value is -0.350. The van der Waals surface area contributed by atoms with Crippen molar-refractivity contribution in [2.24, 2.45) is 5.92 Å². The zero-order valence-electron chi connectivity index (χ0n) is 10.6. The summed E-state index contributed by atoms with van der Waals surface area (Å²) >= 11 is 3.53. The smallest absolute Gasteiger partial charge is 0.108 e. The first-order chi connectivity index (χ1) is 8.10. The molecule has 0 amide bonds. The van der Waals surface area contributed by atoms with Crippen molar-refractivity contribution < 1.29 is 5.11 Å². The lowest BCUT2D eigenvalue weighted by molar-refractivity contribution is 0.0296. The SMILES string of the molecule is CCCn1ncc(Br)c1C1(O)CCC(CC)C1. The number of aryl methyl sites for hydroxylation is 1. The minimum Gasteiger partial charge on any atom is -0.384 e. The number of aromatic nitrogens is 2. The van der Waals surface area contributed by atoms with E-state index in [1.807, 2.05) is 10.9 Å². The summed E-state index contributed by atoms with van der Waals surface area (Å²) in [6.45, 7) is 5.21. The molecule has 0 radical (unpaired) electrons. The van der Waals surface area contributed by atoms with Crippen molar-refractivity contribution >= 4 is 15.9 Å². The van der Waals surface area contributed by atoms with Gasteiger partial charge in [-0.25, -0.2) is 0 Å². The molecule has 0 bridgehead atoms. The second-order valence-corrected chi connectivity index (χ2v) is 5.97. The summed E-state index contributed by atoms with van der Waals surface area (Å²) in [5.74, 6) is 0.650. The maximum Gasteiger partial charge on any atom is 0.108 e. The number of hydrogen-bond donors (Lipinski definition) is 1. The molecule has 1 aromatic rings. The minimum absolute atomic E-state index is 0.650. The van der Waals surface area contributed by atoms with E-state index in [4.69, 9.17) is 0 Å². The molecule has 96 valence electrons. The second-order valence-electron chi connectivity index (χ2n) is 5.11. The van der Waals surface area contributed by atoms with Crippen LogP contribution in [0.5, 0.6) is 0 Å². The van der Waals surface area contributed by atoms with Gasteiger partial charge in [-0.3, -0.25) is 4.68 Å². The molecule has 1 aromatic heterocycles. The average molecular weight is 301 g/mol. The molecule has 0 aromatic carbocycles. The maximum atomic E-state index is 10.9. The lowest BCUT2D eigenvalue weighted by Crippen LogP contribution is -2.26. The fraction of sp³-hybridized carbons (Fsp3) is 0.769. The van der Waals surface area contributed by atoms with E-state index in [-0.39, 0.29) is 0 Å². The summed E-state index contributed by atoms with van der Waals surface area (Å²) in [5, 5.41) is 15.2. The topological polar surface area (TPSA) is 38.0 Å². The third-order valence-electron chi connectivity index (χ3n) is 3.84. The lowest BCUT2D eigenvalue weighted by atomic mass is 9.95. The highest BCUT2D eigenvalue weighted by Gasteiger charge is 2.41. The van der Waals surface area contributed by atoms with Crippen LogP contribution in [0.2, 0.25) is 0 Å². The Bertz CT molecular complexity index is 391. The van der Waals surface area contributed by atoms with Crippen molar-refractivity contribution in [3.63, 3.8) is 0 Å². The first-order valence-corrected chi connectivity index (χ1v) is 7.34. The zero-order valence-corrected chi connectivity index (χ0v) is 12.2. The largest absolute Gasteiger partial charge is 0.384 e. The van der Waals surface area contributed by atoms with Gasteiger partial charge < -0.3 is 5.11 Å². The van der Waals surface area contributed by atoms with Gasteiger partial charge in [-0.1, -0.05) is 20.3 Å². The second kappa shape index (κ2) is 5.11. The normalized spacial score (nSPS) is 28.8. The van der Waals surface area contributed by atoms with Gasteiger partial charge in [0, 0.05) is 6.54 Å². The number of nitrogens with zero attached hydrogens (tertiary/aromatic N) is 2. The predicted octanol–water partition coefficient (Wildman–Crippen LogP) is 3.45. The third-order valence-corrected chi connectivity index (χ3v) is 4.42. The van der Waals surface area contributed by atoms with E-state index in [0.717, 1.165) is 48.8 Å². The van der Waals surface area contributed by atoms with Crippen LogP contribution in [0.3, 0.4) is 0 Å². The molecule has 1 saturated carbocycles. The van der Waals surface area contributed by atoms with Gasteiger partial charge in [0.05, 0.1) is 16.4 Å². The van der Waals surface area contributed by atoms with E-state index in [1.165, 1.54) is 0 Å². The Morgan fingerprint density at radius 3 is 2.94 bits per heavy atom. The Kier molecular flexibility index (Phi) is 3.93. The van der Waals surface area contributed by atoms with Crippen LogP contribution in [0, 0.1) is 5.92 Å². The van der Waals surface area contributed by atoms with Crippen LogP contribution < -0.4 is 0 Å². The fourth-order valence-corrected chi connectivity index (χ4v) is 3.56. The van der Waals surface area contributed by atoms with Crippen molar-refractivity contribution in [3.8, 4) is 0 Å². The van der Waals surface area contributed by atoms with Crippen molar-refractivity contribution in [1.82, 2.24) is 9.78 Å². The van der Waals surface area contributed by atoms with Gasteiger partial charge in [-0.2, -0.15) is 5.10 Å². The molecule has 1 heterocycles. The van der Waals surface area contributed by atoms with Gasteiger partial charge in [0.1, 0.15) is 5.60 Å². The van der Waals surface area contributed by atoms with Crippen LogP contribution in [0.4, 0.5) is 0 Å². The maximum absolute atomic E-state index is 10.9. The minimum atomic E-state index is -0.675. The first-order valence-electron chi connectivity index (χ1n) is 6.55. The van der Waals surface area contributed by atoms with Crippen molar-refractivity contribution in [1.29, 1.82) is 0 Å². The number of halogens is 1. The molecule has 3 nitrogen and oxygen atoms in total. The van der Waals surface area contributed by atoms with Crippen LogP contribution in [-0.2, 0) is 12.1 Å². The van der Waals surface area contributed by atoms with E-state index in [9.17, 15) is 5.11 Å². The van der Waals surface area contributed by atoms with E-state index in [0.29, 0.717) is 5.92 Å². The quantitative estimate of drug-likeness (QED) is 0.925. The summed E-state index contributed by atoms with van der Waals surface area (Å²) in [5.41, 5.74) is 0.306. The molecule has 2 unspecified atom stereocenters. The molecular formula is C13H21BrN2O. The predicted molar refractivity (Wildman–Crippen MR) is 71.7 cm³/mol. The van der Waals surface area contributed by atoms with E-state index >= 15 is 0 Å². The molecule has 1 N–H and O–H groups in total. The Labute approximate surface area is 111 Å². The van der Waals surface area contributed by atoms with Gasteiger partial charge >= 0.3 is 0 Å². The van der Waals surface area contributed by atoms with Crippen LogP contribution in [0.1, 0.15) is 51.6 Å². The first kappa shape index (κ1) is 13.1. The highest BCUT2D eigenvalue weighted by atomic mass is 79.9. The molecule has 4 heteroatoms. The van der Waals surface area contributed by atoms with Gasteiger partial charge in [0.15, 0.2) is 0 Å². The molecule has 2 atom stereocenters. The van der Waals surface area contributed by atoms with E-state index < -0.39 is 5.60 Å². The van der Waals surface area contributed by atoms with E-state index in [2.05, 4.69) is 34.9 Å².